The van der Waals surface area contributed by atoms with Gasteiger partial charge < -0.3 is 19.3 Å². The number of nitrogens with one attached hydrogen (secondary N) is 1. The van der Waals surface area contributed by atoms with Crippen molar-refractivity contribution in [3.05, 3.63) is 47.5 Å². The second kappa shape index (κ2) is 8.23. The summed E-state index contributed by atoms with van der Waals surface area (Å²) in [6.45, 7) is 4.27. The van der Waals surface area contributed by atoms with Crippen molar-refractivity contribution in [2.45, 2.75) is 25.8 Å². The topological polar surface area (TPSA) is 63.5 Å². The van der Waals surface area contributed by atoms with E-state index in [9.17, 15) is 9.59 Å². The zero-order chi connectivity index (χ0) is 21.4. The molecule has 5 rings (SSSR count). The van der Waals surface area contributed by atoms with Crippen molar-refractivity contribution in [2.24, 2.45) is 0 Å². The third kappa shape index (κ3) is 3.74. The molecule has 31 heavy (non-hydrogen) atoms. The fraction of sp³-hybridized carbons (Fsp3) is 0.417. The maximum atomic E-state index is 12.8. The monoisotopic (exact) mass is 422 g/mol. The lowest BCUT2D eigenvalue weighted by Gasteiger charge is -2.31. The minimum atomic E-state index is -0.485. The van der Waals surface area contributed by atoms with Crippen LogP contribution < -0.4 is 24.2 Å². The number of piperidine rings is 1. The van der Waals surface area contributed by atoms with E-state index in [2.05, 4.69) is 36.2 Å². The van der Waals surface area contributed by atoms with E-state index in [4.69, 9.17) is 9.47 Å². The van der Waals surface area contributed by atoms with Gasteiger partial charge in [-0.1, -0.05) is 18.2 Å². The second-order valence-corrected chi connectivity index (χ2v) is 8.54. The molecule has 0 aliphatic carbocycles. The number of hydrogen-bond acceptors (Lipinski definition) is 5. The lowest BCUT2D eigenvalue weighted by Crippen LogP contribution is -3.09. The van der Waals surface area contributed by atoms with E-state index in [1.54, 1.807) is 17.0 Å². The first-order valence-corrected chi connectivity index (χ1v) is 11.1. The van der Waals surface area contributed by atoms with Gasteiger partial charge in [0.05, 0.1) is 18.3 Å². The van der Waals surface area contributed by atoms with E-state index in [-0.39, 0.29) is 0 Å². The van der Waals surface area contributed by atoms with Crippen molar-refractivity contribution in [1.29, 1.82) is 0 Å². The first-order chi connectivity index (χ1) is 15.1. The van der Waals surface area contributed by atoms with E-state index in [0.717, 1.165) is 24.5 Å². The molecule has 2 aromatic carbocycles. The number of ether oxygens (including phenoxy) is 2. The van der Waals surface area contributed by atoms with Crippen molar-refractivity contribution in [1.82, 2.24) is 0 Å². The summed E-state index contributed by atoms with van der Waals surface area (Å²) in [7, 11) is 2.06. The average Bonchev–Trinajstić information content (AvgIpc) is 3.03. The summed E-state index contributed by atoms with van der Waals surface area (Å²) >= 11 is 0. The summed E-state index contributed by atoms with van der Waals surface area (Å²) < 4.78 is 11.2. The number of benzene rings is 2. The van der Waals surface area contributed by atoms with Crippen molar-refractivity contribution in [3.63, 3.8) is 0 Å². The lowest BCUT2D eigenvalue weighted by atomic mass is 10.1. The van der Waals surface area contributed by atoms with Gasteiger partial charge in [0.2, 0.25) is 0 Å². The van der Waals surface area contributed by atoms with E-state index in [1.165, 1.54) is 30.5 Å². The van der Waals surface area contributed by atoms with Gasteiger partial charge in [0.25, 0.3) is 5.78 Å². The molecule has 1 atom stereocenters. The van der Waals surface area contributed by atoms with Gasteiger partial charge in [-0.05, 0) is 31.4 Å². The van der Waals surface area contributed by atoms with Gasteiger partial charge in [-0.15, -0.1) is 0 Å². The molecule has 0 saturated carbocycles. The Morgan fingerprint density at radius 1 is 0.935 bits per heavy atom. The standard InChI is InChI=1S/C24H27N3O4/c1-25(15-17-7-3-4-8-19(17)26-9-5-2-6-10-26)16-27-20-14-22-21(30-11-12-31-22)13-18(20)23(28)24(27)29/h3-4,7-8,13-14H,2,5-6,9-12,15-16H2,1H3/p+1. The van der Waals surface area contributed by atoms with Crippen molar-refractivity contribution >= 4 is 23.1 Å². The third-order valence-electron chi connectivity index (χ3n) is 6.24. The fourth-order valence-electron chi connectivity index (χ4n) is 4.74. The fourth-order valence-corrected chi connectivity index (χ4v) is 4.74. The number of ketones is 1. The number of nitrogens with zero attached hydrogens (tertiary/aromatic N) is 2. The number of amides is 1. The maximum Gasteiger partial charge on any atom is 0.303 e. The van der Waals surface area contributed by atoms with Gasteiger partial charge >= 0.3 is 5.91 Å². The molecule has 1 amide bonds. The summed E-state index contributed by atoms with van der Waals surface area (Å²) in [5.74, 6) is 0.157. The summed E-state index contributed by atoms with van der Waals surface area (Å²) in [5, 5.41) is 0. The van der Waals surface area contributed by atoms with Crippen LogP contribution in [-0.4, -0.2) is 51.7 Å². The van der Waals surface area contributed by atoms with Crippen molar-refractivity contribution in [3.8, 4) is 11.5 Å². The zero-order valence-electron chi connectivity index (χ0n) is 17.9. The van der Waals surface area contributed by atoms with E-state index in [1.807, 2.05) is 0 Å². The van der Waals surface area contributed by atoms with Crippen molar-refractivity contribution in [2.75, 3.05) is 49.8 Å². The van der Waals surface area contributed by atoms with Crippen LogP contribution in [0.2, 0.25) is 0 Å². The van der Waals surface area contributed by atoms with Gasteiger partial charge in [-0.3, -0.25) is 14.5 Å². The van der Waals surface area contributed by atoms with Crippen LogP contribution in [-0.2, 0) is 11.3 Å². The number of fused-ring (bicyclic) bond motifs is 2. The summed E-state index contributed by atoms with van der Waals surface area (Å²) in [6, 6.07) is 11.9. The number of carbonyl (C=O) groups is 2. The second-order valence-electron chi connectivity index (χ2n) is 8.54. The molecule has 7 heteroatoms. The summed E-state index contributed by atoms with van der Waals surface area (Å²) in [4.78, 5) is 30.5. The molecule has 7 nitrogen and oxygen atoms in total. The van der Waals surface area contributed by atoms with Gasteiger partial charge in [-0.2, -0.15) is 0 Å². The highest BCUT2D eigenvalue weighted by Crippen LogP contribution is 2.40. The molecule has 1 fully saturated rings. The summed E-state index contributed by atoms with van der Waals surface area (Å²) in [6.07, 6.45) is 3.76. The highest BCUT2D eigenvalue weighted by molar-refractivity contribution is 6.52. The van der Waals surface area contributed by atoms with Crippen LogP contribution >= 0.6 is 0 Å². The normalized spacial score (nSPS) is 18.9. The number of para-hydroxylation sites is 1. The number of carbonyl (C=O) groups excluding carboxylic acids is 2. The molecular weight excluding hydrogens is 394 g/mol. The Morgan fingerprint density at radius 2 is 1.65 bits per heavy atom. The smallest absolute Gasteiger partial charge is 0.303 e. The van der Waals surface area contributed by atoms with Crippen LogP contribution in [0.25, 0.3) is 0 Å². The molecule has 1 N–H and O–H groups in total. The zero-order valence-corrected chi connectivity index (χ0v) is 17.9. The minimum Gasteiger partial charge on any atom is -0.486 e. The number of Topliss-reactive ketones (excluding diaryl/α,β-unsaturated/α-hetero) is 1. The predicted octanol–water partition coefficient (Wildman–Crippen LogP) is 1.65. The minimum absolute atomic E-state index is 0.399. The van der Waals surface area contributed by atoms with E-state index in [0.29, 0.717) is 42.6 Å². The molecule has 3 aliphatic heterocycles. The van der Waals surface area contributed by atoms with Gasteiger partial charge in [0.15, 0.2) is 18.2 Å². The molecule has 162 valence electrons. The van der Waals surface area contributed by atoms with Crippen LogP contribution in [0.15, 0.2) is 36.4 Å². The van der Waals surface area contributed by atoms with Gasteiger partial charge in [0, 0.05) is 30.4 Å². The number of quaternary nitrogens is 1. The number of hydrogen-bond donors (Lipinski definition) is 1. The molecule has 0 spiro atoms. The first kappa shape index (κ1) is 19.9. The third-order valence-corrected chi connectivity index (χ3v) is 6.24. The highest BCUT2D eigenvalue weighted by Gasteiger charge is 2.39. The summed E-state index contributed by atoms with van der Waals surface area (Å²) in [5.41, 5.74) is 3.56. The van der Waals surface area contributed by atoms with Crippen molar-refractivity contribution < 1.29 is 24.0 Å². The average molecular weight is 423 g/mol. The molecule has 3 heterocycles. The van der Waals surface area contributed by atoms with Crippen LogP contribution in [0.1, 0.15) is 35.2 Å². The van der Waals surface area contributed by atoms with Crippen LogP contribution in [0.3, 0.4) is 0 Å². The Bertz CT molecular complexity index is 1020. The lowest BCUT2D eigenvalue weighted by molar-refractivity contribution is -0.892. The predicted molar refractivity (Wildman–Crippen MR) is 117 cm³/mol. The molecule has 0 aromatic heterocycles. The van der Waals surface area contributed by atoms with E-state index < -0.39 is 11.7 Å². The molecule has 0 radical (unpaired) electrons. The Kier molecular flexibility index (Phi) is 5.28. The first-order valence-electron chi connectivity index (χ1n) is 11.1. The highest BCUT2D eigenvalue weighted by atomic mass is 16.6. The maximum absolute atomic E-state index is 12.8. The molecule has 2 aromatic rings. The molecule has 0 bridgehead atoms. The number of anilines is 2. The SMILES string of the molecule is C[NH+](Cc1ccccc1N1CCCCC1)CN1C(=O)C(=O)c2cc3c(cc21)OCCO3. The number of rotatable bonds is 5. The molecule has 1 saturated heterocycles. The molecule has 3 aliphatic rings. The quantitative estimate of drug-likeness (QED) is 0.743. The Hall–Kier alpha value is -3.06. The molecule has 1 unspecified atom stereocenters. The molecular formula is C24H28N3O4+. The van der Waals surface area contributed by atoms with E-state index >= 15 is 0 Å². The Morgan fingerprint density at radius 3 is 2.42 bits per heavy atom. The largest absolute Gasteiger partial charge is 0.486 e. The van der Waals surface area contributed by atoms with Crippen LogP contribution in [0.4, 0.5) is 11.4 Å². The Balaban J connectivity index is 1.36. The van der Waals surface area contributed by atoms with Gasteiger partial charge in [-0.25, -0.2) is 0 Å². The van der Waals surface area contributed by atoms with Gasteiger partial charge in [0.1, 0.15) is 19.8 Å². The van der Waals surface area contributed by atoms with Crippen LogP contribution in [0.5, 0.6) is 11.5 Å². The van der Waals surface area contributed by atoms with Crippen LogP contribution in [0, 0.1) is 0 Å². The Labute approximate surface area is 182 Å².